The van der Waals surface area contributed by atoms with Crippen molar-refractivity contribution in [3.8, 4) is 5.75 Å². The fourth-order valence-corrected chi connectivity index (χ4v) is 4.52. The van der Waals surface area contributed by atoms with Crippen LogP contribution in [0.3, 0.4) is 0 Å². The molecule has 0 radical (unpaired) electrons. The molecule has 31 heavy (non-hydrogen) atoms. The molecule has 1 N–H and O–H groups in total. The summed E-state index contributed by atoms with van der Waals surface area (Å²) in [7, 11) is -3.94. The van der Waals surface area contributed by atoms with Gasteiger partial charge in [0, 0.05) is 6.54 Å². The van der Waals surface area contributed by atoms with Crippen molar-refractivity contribution >= 4 is 33.2 Å². The first kappa shape index (κ1) is 22.8. The van der Waals surface area contributed by atoms with Gasteiger partial charge in [-0.3, -0.25) is 4.79 Å². The summed E-state index contributed by atoms with van der Waals surface area (Å²) in [5.74, 6) is 0.0889. The molecule has 0 saturated heterocycles. The van der Waals surface area contributed by atoms with Gasteiger partial charge in [-0.2, -0.15) is 4.31 Å². The molecule has 8 heteroatoms. The van der Waals surface area contributed by atoms with Gasteiger partial charge in [0.05, 0.1) is 28.8 Å². The van der Waals surface area contributed by atoms with Gasteiger partial charge in [-0.05, 0) is 48.9 Å². The van der Waals surface area contributed by atoms with E-state index in [4.69, 9.17) is 16.3 Å². The largest absolute Gasteiger partial charge is 0.494 e. The second-order valence-corrected chi connectivity index (χ2v) is 9.04. The smallest absolute Gasteiger partial charge is 0.243 e. The van der Waals surface area contributed by atoms with E-state index in [1.165, 1.54) is 12.1 Å². The van der Waals surface area contributed by atoms with Crippen molar-refractivity contribution in [1.29, 1.82) is 0 Å². The second-order valence-electron chi connectivity index (χ2n) is 6.69. The standard InChI is InChI=1S/C23H23ClN2O4S/c1-2-30-19-12-14-20(15-13-19)31(28,29)26(16-18-8-4-3-5-9-18)17-23(27)25-22-11-7-6-10-21(22)24/h3-15H,2,16-17H2,1H3,(H,25,27). The minimum Gasteiger partial charge on any atom is -0.494 e. The summed E-state index contributed by atoms with van der Waals surface area (Å²) in [5.41, 5.74) is 1.19. The van der Waals surface area contributed by atoms with Crippen LogP contribution in [0.2, 0.25) is 5.02 Å². The number of amides is 1. The van der Waals surface area contributed by atoms with Gasteiger partial charge in [-0.25, -0.2) is 8.42 Å². The first-order valence-electron chi connectivity index (χ1n) is 9.71. The van der Waals surface area contributed by atoms with Crippen LogP contribution >= 0.6 is 11.6 Å². The SMILES string of the molecule is CCOc1ccc(S(=O)(=O)N(CC(=O)Nc2ccccc2Cl)Cc2ccccc2)cc1. The average molecular weight is 459 g/mol. The van der Waals surface area contributed by atoms with Gasteiger partial charge in [0.1, 0.15) is 5.75 Å². The van der Waals surface area contributed by atoms with Crippen LogP contribution in [-0.4, -0.2) is 31.8 Å². The normalized spacial score (nSPS) is 11.3. The van der Waals surface area contributed by atoms with Gasteiger partial charge >= 0.3 is 0 Å². The molecule has 0 aliphatic heterocycles. The van der Waals surface area contributed by atoms with E-state index in [0.29, 0.717) is 23.1 Å². The van der Waals surface area contributed by atoms with Crippen LogP contribution in [0.25, 0.3) is 0 Å². The number of nitrogens with zero attached hydrogens (tertiary/aromatic N) is 1. The lowest BCUT2D eigenvalue weighted by atomic mass is 10.2. The van der Waals surface area contributed by atoms with E-state index in [1.54, 1.807) is 36.4 Å². The first-order valence-corrected chi connectivity index (χ1v) is 11.5. The fraction of sp³-hybridized carbons (Fsp3) is 0.174. The number of sulfonamides is 1. The lowest BCUT2D eigenvalue weighted by Crippen LogP contribution is -2.37. The molecule has 0 fully saturated rings. The molecule has 0 bridgehead atoms. The van der Waals surface area contributed by atoms with Crippen LogP contribution in [0.1, 0.15) is 12.5 Å². The third kappa shape index (κ3) is 6.07. The van der Waals surface area contributed by atoms with Gasteiger partial charge in [0.2, 0.25) is 15.9 Å². The third-order valence-electron chi connectivity index (χ3n) is 4.44. The number of nitrogens with one attached hydrogen (secondary N) is 1. The molecule has 3 aromatic carbocycles. The predicted octanol–water partition coefficient (Wildman–Crippen LogP) is 4.57. The lowest BCUT2D eigenvalue weighted by Gasteiger charge is -2.22. The zero-order valence-corrected chi connectivity index (χ0v) is 18.6. The number of ether oxygens (including phenoxy) is 1. The summed E-state index contributed by atoms with van der Waals surface area (Å²) < 4.78 is 33.2. The summed E-state index contributed by atoms with van der Waals surface area (Å²) in [5, 5.41) is 3.05. The van der Waals surface area contributed by atoms with Crippen LogP contribution < -0.4 is 10.1 Å². The Kier molecular flexibility index (Phi) is 7.68. The van der Waals surface area contributed by atoms with Crippen molar-refractivity contribution < 1.29 is 17.9 Å². The molecular formula is C23H23ClN2O4S. The highest BCUT2D eigenvalue weighted by molar-refractivity contribution is 7.89. The molecule has 6 nitrogen and oxygen atoms in total. The molecule has 0 heterocycles. The Labute approximate surface area is 187 Å². The third-order valence-corrected chi connectivity index (χ3v) is 6.58. The Hall–Kier alpha value is -2.87. The number of halogens is 1. The molecule has 1 amide bonds. The molecule has 0 aromatic heterocycles. The summed E-state index contributed by atoms with van der Waals surface area (Å²) in [6.45, 7) is 2.01. The molecule has 3 aromatic rings. The van der Waals surface area contributed by atoms with Gasteiger partial charge in [-0.1, -0.05) is 54.1 Å². The van der Waals surface area contributed by atoms with Gasteiger partial charge in [0.25, 0.3) is 0 Å². The number of carbonyl (C=O) groups is 1. The Morgan fingerprint density at radius 2 is 1.61 bits per heavy atom. The number of para-hydroxylation sites is 1. The van der Waals surface area contributed by atoms with Crippen molar-refractivity contribution in [2.75, 3.05) is 18.5 Å². The molecule has 0 saturated carbocycles. The van der Waals surface area contributed by atoms with E-state index in [-0.39, 0.29) is 18.0 Å². The summed E-state index contributed by atoms with van der Waals surface area (Å²) in [6, 6.07) is 22.0. The van der Waals surface area contributed by atoms with Gasteiger partial charge < -0.3 is 10.1 Å². The van der Waals surface area contributed by atoms with Crippen LogP contribution in [0.5, 0.6) is 5.75 Å². The van der Waals surface area contributed by atoms with E-state index in [0.717, 1.165) is 9.87 Å². The first-order chi connectivity index (χ1) is 14.9. The molecule has 0 aliphatic carbocycles. The number of carbonyl (C=O) groups excluding carboxylic acids is 1. The van der Waals surface area contributed by atoms with Crippen molar-refractivity contribution in [3.05, 3.63) is 89.4 Å². The molecule has 0 unspecified atom stereocenters. The molecular weight excluding hydrogens is 436 g/mol. The molecule has 0 spiro atoms. The van der Waals surface area contributed by atoms with E-state index in [1.807, 2.05) is 37.3 Å². The van der Waals surface area contributed by atoms with Crippen molar-refractivity contribution in [2.45, 2.75) is 18.4 Å². The highest BCUT2D eigenvalue weighted by Gasteiger charge is 2.27. The Balaban J connectivity index is 1.86. The maximum atomic E-state index is 13.3. The number of hydrogen-bond acceptors (Lipinski definition) is 4. The van der Waals surface area contributed by atoms with Crippen molar-refractivity contribution in [3.63, 3.8) is 0 Å². The quantitative estimate of drug-likeness (QED) is 0.509. The van der Waals surface area contributed by atoms with Crippen LogP contribution in [-0.2, 0) is 21.4 Å². The van der Waals surface area contributed by atoms with Crippen LogP contribution in [0.4, 0.5) is 5.69 Å². The van der Waals surface area contributed by atoms with E-state index < -0.39 is 15.9 Å². The van der Waals surface area contributed by atoms with E-state index in [2.05, 4.69) is 5.32 Å². The molecule has 3 rings (SSSR count). The maximum absolute atomic E-state index is 13.3. The zero-order chi connectivity index (χ0) is 22.3. The topological polar surface area (TPSA) is 75.7 Å². The number of hydrogen-bond donors (Lipinski definition) is 1. The maximum Gasteiger partial charge on any atom is 0.243 e. The van der Waals surface area contributed by atoms with E-state index >= 15 is 0 Å². The lowest BCUT2D eigenvalue weighted by molar-refractivity contribution is -0.116. The molecule has 0 aliphatic rings. The Bertz CT molecular complexity index is 1120. The number of anilines is 1. The van der Waals surface area contributed by atoms with Gasteiger partial charge in [0.15, 0.2) is 0 Å². The highest BCUT2D eigenvalue weighted by Crippen LogP contribution is 2.23. The van der Waals surface area contributed by atoms with E-state index in [9.17, 15) is 13.2 Å². The minimum atomic E-state index is -3.94. The number of rotatable bonds is 9. The monoisotopic (exact) mass is 458 g/mol. The zero-order valence-electron chi connectivity index (χ0n) is 17.0. The molecule has 162 valence electrons. The second kappa shape index (κ2) is 10.4. The summed E-state index contributed by atoms with van der Waals surface area (Å²) in [6.07, 6.45) is 0. The van der Waals surface area contributed by atoms with Crippen molar-refractivity contribution in [1.82, 2.24) is 4.31 Å². The minimum absolute atomic E-state index is 0.0479. The number of benzene rings is 3. The van der Waals surface area contributed by atoms with Crippen molar-refractivity contribution in [2.24, 2.45) is 0 Å². The Morgan fingerprint density at radius 1 is 0.968 bits per heavy atom. The summed E-state index contributed by atoms with van der Waals surface area (Å²) in [4.78, 5) is 12.8. The Morgan fingerprint density at radius 3 is 2.26 bits per heavy atom. The van der Waals surface area contributed by atoms with Crippen LogP contribution in [0, 0.1) is 0 Å². The molecule has 0 atom stereocenters. The van der Waals surface area contributed by atoms with Gasteiger partial charge in [-0.15, -0.1) is 0 Å². The van der Waals surface area contributed by atoms with Crippen LogP contribution in [0.15, 0.2) is 83.8 Å². The predicted molar refractivity (Wildman–Crippen MR) is 122 cm³/mol. The fourth-order valence-electron chi connectivity index (χ4n) is 2.95. The highest BCUT2D eigenvalue weighted by atomic mass is 35.5. The summed E-state index contributed by atoms with van der Waals surface area (Å²) >= 11 is 6.10. The average Bonchev–Trinajstić information content (AvgIpc) is 2.76.